The highest BCUT2D eigenvalue weighted by atomic mass is 16.5. The number of fused-ring (bicyclic) bond motifs is 2. The maximum absolute atomic E-state index is 6.60. The van der Waals surface area contributed by atoms with E-state index in [2.05, 4.69) is 65.8 Å². The standard InChI is InChI=1S/C34H30N2O3/c1-37-31-17-16-24(20-32(31)38-2)34-28(22-35-19-18-25-21-36-29-14-8-6-12-26(25)29)33(23-10-4-3-5-11-23)27-13-7-9-15-30(27)39-34/h3-17,20-22,33,36H,18-19H2,1-2H3. The Balaban J connectivity index is 1.43. The lowest BCUT2D eigenvalue weighted by atomic mass is 9.81. The van der Waals surface area contributed by atoms with Crippen molar-refractivity contribution in [2.45, 2.75) is 12.3 Å². The van der Waals surface area contributed by atoms with Crippen molar-refractivity contribution in [3.05, 3.63) is 131 Å². The van der Waals surface area contributed by atoms with E-state index in [4.69, 9.17) is 19.2 Å². The number of H-pyrrole nitrogens is 1. The van der Waals surface area contributed by atoms with Crippen molar-refractivity contribution in [2.75, 3.05) is 20.8 Å². The molecule has 6 rings (SSSR count). The molecule has 1 atom stereocenters. The predicted molar refractivity (Wildman–Crippen MR) is 157 cm³/mol. The summed E-state index contributed by atoms with van der Waals surface area (Å²) in [6, 6.07) is 33.0. The normalized spacial score (nSPS) is 14.9. The van der Waals surface area contributed by atoms with E-state index in [-0.39, 0.29) is 5.92 Å². The van der Waals surface area contributed by atoms with Gasteiger partial charge in [0.2, 0.25) is 0 Å². The molecule has 1 aromatic heterocycles. The van der Waals surface area contributed by atoms with Gasteiger partial charge in [-0.25, -0.2) is 0 Å². The number of para-hydroxylation sites is 2. The number of ether oxygens (including phenoxy) is 3. The summed E-state index contributed by atoms with van der Waals surface area (Å²) in [6.45, 7) is 0.660. The van der Waals surface area contributed by atoms with Gasteiger partial charge in [0.15, 0.2) is 11.5 Å². The number of allylic oxidation sites excluding steroid dienone is 1. The Morgan fingerprint density at radius 1 is 0.846 bits per heavy atom. The zero-order chi connectivity index (χ0) is 26.6. The summed E-state index contributed by atoms with van der Waals surface area (Å²) in [5, 5.41) is 1.25. The molecule has 0 amide bonds. The van der Waals surface area contributed by atoms with Crippen LogP contribution in [0.2, 0.25) is 0 Å². The van der Waals surface area contributed by atoms with Gasteiger partial charge in [-0.1, -0.05) is 66.7 Å². The fourth-order valence-corrected chi connectivity index (χ4v) is 5.31. The molecular formula is C34H30N2O3. The van der Waals surface area contributed by atoms with Gasteiger partial charge < -0.3 is 19.2 Å². The SMILES string of the molecule is COc1ccc(C2=C(C=NCCc3c[nH]c4ccccc34)C(c3ccccc3)c3ccccc3O2)cc1OC. The quantitative estimate of drug-likeness (QED) is 0.219. The number of aliphatic imine (C=N–C) groups is 1. The Morgan fingerprint density at radius 3 is 2.46 bits per heavy atom. The molecule has 0 saturated carbocycles. The van der Waals surface area contributed by atoms with Crippen LogP contribution >= 0.6 is 0 Å². The number of nitrogens with one attached hydrogen (secondary N) is 1. The van der Waals surface area contributed by atoms with Crippen molar-refractivity contribution in [2.24, 2.45) is 4.99 Å². The van der Waals surface area contributed by atoms with Gasteiger partial charge in [-0.15, -0.1) is 0 Å². The summed E-state index contributed by atoms with van der Waals surface area (Å²) < 4.78 is 17.7. The molecule has 0 spiro atoms. The maximum Gasteiger partial charge on any atom is 0.161 e. The van der Waals surface area contributed by atoms with Crippen molar-refractivity contribution >= 4 is 22.9 Å². The topological polar surface area (TPSA) is 55.8 Å². The Morgan fingerprint density at radius 2 is 1.62 bits per heavy atom. The summed E-state index contributed by atoms with van der Waals surface area (Å²) in [6.07, 6.45) is 4.92. The molecule has 5 heteroatoms. The van der Waals surface area contributed by atoms with Crippen LogP contribution in [0.4, 0.5) is 0 Å². The Bertz CT molecular complexity index is 1670. The number of benzene rings is 4. The van der Waals surface area contributed by atoms with E-state index in [1.807, 2.05) is 48.7 Å². The molecule has 5 aromatic rings. The Kier molecular flexibility index (Phi) is 6.88. The van der Waals surface area contributed by atoms with Crippen LogP contribution in [0, 0.1) is 0 Å². The summed E-state index contributed by atoms with van der Waals surface area (Å²) in [4.78, 5) is 8.31. The first-order valence-electron chi connectivity index (χ1n) is 13.1. The number of rotatable bonds is 8. The highest BCUT2D eigenvalue weighted by Gasteiger charge is 2.31. The highest BCUT2D eigenvalue weighted by molar-refractivity contribution is 5.94. The second-order valence-corrected chi connectivity index (χ2v) is 9.48. The lowest BCUT2D eigenvalue weighted by Crippen LogP contribution is -2.17. The second kappa shape index (κ2) is 10.9. The van der Waals surface area contributed by atoms with E-state index in [1.54, 1.807) is 14.2 Å². The van der Waals surface area contributed by atoms with Crippen LogP contribution in [0.3, 0.4) is 0 Å². The van der Waals surface area contributed by atoms with E-state index < -0.39 is 0 Å². The lowest BCUT2D eigenvalue weighted by Gasteiger charge is -2.30. The Labute approximate surface area is 228 Å². The molecule has 1 unspecified atom stereocenters. The van der Waals surface area contributed by atoms with Crippen molar-refractivity contribution in [1.29, 1.82) is 0 Å². The molecule has 0 saturated heterocycles. The fourth-order valence-electron chi connectivity index (χ4n) is 5.31. The first-order valence-corrected chi connectivity index (χ1v) is 13.1. The molecule has 5 nitrogen and oxygen atoms in total. The highest BCUT2D eigenvalue weighted by Crippen LogP contribution is 2.45. The zero-order valence-corrected chi connectivity index (χ0v) is 22.1. The molecule has 0 fully saturated rings. The van der Waals surface area contributed by atoms with Crippen LogP contribution < -0.4 is 14.2 Å². The molecule has 2 heterocycles. The number of hydrogen-bond donors (Lipinski definition) is 1. The van der Waals surface area contributed by atoms with Gasteiger partial charge in [-0.05, 0) is 47.9 Å². The minimum absolute atomic E-state index is 0.0314. The number of nitrogens with zero attached hydrogens (tertiary/aromatic N) is 1. The summed E-state index contributed by atoms with van der Waals surface area (Å²) in [5.74, 6) is 2.89. The van der Waals surface area contributed by atoms with Crippen LogP contribution in [0.25, 0.3) is 16.7 Å². The first-order chi connectivity index (χ1) is 19.3. The smallest absolute Gasteiger partial charge is 0.161 e. The predicted octanol–water partition coefficient (Wildman–Crippen LogP) is 7.43. The van der Waals surface area contributed by atoms with Gasteiger partial charge in [-0.3, -0.25) is 4.99 Å². The first kappa shape index (κ1) is 24.6. The van der Waals surface area contributed by atoms with E-state index in [0.29, 0.717) is 18.0 Å². The van der Waals surface area contributed by atoms with Crippen molar-refractivity contribution in [3.63, 3.8) is 0 Å². The molecule has 4 aromatic carbocycles. The number of methoxy groups -OCH3 is 2. The van der Waals surface area contributed by atoms with Gasteiger partial charge in [0.05, 0.1) is 14.2 Å². The van der Waals surface area contributed by atoms with Crippen LogP contribution in [0.15, 0.2) is 114 Å². The van der Waals surface area contributed by atoms with Gasteiger partial charge in [0, 0.05) is 52.5 Å². The Hall–Kier alpha value is -4.77. The lowest BCUT2D eigenvalue weighted by molar-refractivity contribution is 0.354. The van der Waals surface area contributed by atoms with Crippen molar-refractivity contribution in [1.82, 2.24) is 4.98 Å². The van der Waals surface area contributed by atoms with E-state index in [0.717, 1.165) is 40.1 Å². The third-order valence-corrected chi connectivity index (χ3v) is 7.21. The molecule has 1 aliphatic rings. The average Bonchev–Trinajstić information content (AvgIpc) is 3.41. The van der Waals surface area contributed by atoms with Crippen LogP contribution in [0.1, 0.15) is 28.2 Å². The third kappa shape index (κ3) is 4.79. The average molecular weight is 515 g/mol. The van der Waals surface area contributed by atoms with Crippen molar-refractivity contribution in [3.8, 4) is 17.2 Å². The van der Waals surface area contributed by atoms with E-state index in [1.165, 1.54) is 16.5 Å². The molecule has 0 radical (unpaired) electrons. The molecule has 1 N–H and O–H groups in total. The molecule has 0 aliphatic carbocycles. The monoisotopic (exact) mass is 514 g/mol. The summed E-state index contributed by atoms with van der Waals surface area (Å²) >= 11 is 0. The van der Waals surface area contributed by atoms with Gasteiger partial charge in [0.25, 0.3) is 0 Å². The zero-order valence-electron chi connectivity index (χ0n) is 22.1. The molecule has 194 valence electrons. The van der Waals surface area contributed by atoms with Gasteiger partial charge >= 0.3 is 0 Å². The third-order valence-electron chi connectivity index (χ3n) is 7.21. The summed E-state index contributed by atoms with van der Waals surface area (Å²) in [7, 11) is 3.29. The van der Waals surface area contributed by atoms with E-state index in [9.17, 15) is 0 Å². The van der Waals surface area contributed by atoms with Crippen LogP contribution in [0.5, 0.6) is 17.2 Å². The van der Waals surface area contributed by atoms with Crippen LogP contribution in [-0.4, -0.2) is 32.0 Å². The number of hydrogen-bond acceptors (Lipinski definition) is 4. The van der Waals surface area contributed by atoms with Gasteiger partial charge in [0.1, 0.15) is 11.5 Å². The largest absolute Gasteiger partial charge is 0.493 e. The summed E-state index contributed by atoms with van der Waals surface area (Å²) in [5.41, 5.74) is 6.63. The number of aromatic amines is 1. The van der Waals surface area contributed by atoms with E-state index >= 15 is 0 Å². The minimum atomic E-state index is -0.0314. The van der Waals surface area contributed by atoms with Gasteiger partial charge in [-0.2, -0.15) is 0 Å². The molecule has 0 bridgehead atoms. The maximum atomic E-state index is 6.60. The molecule has 1 aliphatic heterocycles. The molecular weight excluding hydrogens is 484 g/mol. The van der Waals surface area contributed by atoms with Crippen molar-refractivity contribution < 1.29 is 14.2 Å². The second-order valence-electron chi connectivity index (χ2n) is 9.48. The number of aromatic nitrogens is 1. The minimum Gasteiger partial charge on any atom is -0.493 e. The van der Waals surface area contributed by atoms with Crippen LogP contribution in [-0.2, 0) is 6.42 Å². The fraction of sp³-hybridized carbons (Fsp3) is 0.147. The molecule has 39 heavy (non-hydrogen) atoms.